The quantitative estimate of drug-likeness (QED) is 0.257. The van der Waals surface area contributed by atoms with Gasteiger partial charge in [-0.3, -0.25) is 19.3 Å². The van der Waals surface area contributed by atoms with Crippen molar-refractivity contribution in [3.05, 3.63) is 114 Å². The zero-order valence-electron chi connectivity index (χ0n) is 20.9. The smallest absolute Gasteiger partial charge is 0.297 e. The van der Waals surface area contributed by atoms with Gasteiger partial charge in [-0.25, -0.2) is 0 Å². The number of aromatic nitrogens is 2. The third-order valence-corrected chi connectivity index (χ3v) is 8.98. The van der Waals surface area contributed by atoms with Crippen LogP contribution < -0.4 is 15.2 Å². The molecule has 1 atom stereocenters. The van der Waals surface area contributed by atoms with Crippen LogP contribution in [0.4, 0.5) is 10.8 Å². The van der Waals surface area contributed by atoms with Crippen molar-refractivity contribution < 1.29 is 14.0 Å². The number of fused-ring (bicyclic) bond motifs is 5. The first-order valence-corrected chi connectivity index (χ1v) is 14.0. The summed E-state index contributed by atoms with van der Waals surface area (Å²) in [4.78, 5) is 46.2. The van der Waals surface area contributed by atoms with Crippen molar-refractivity contribution in [2.75, 3.05) is 9.80 Å². The first-order chi connectivity index (χ1) is 19.4. The van der Waals surface area contributed by atoms with Crippen LogP contribution in [0.5, 0.6) is 0 Å². The van der Waals surface area contributed by atoms with E-state index in [1.165, 1.54) is 28.4 Å². The number of hydrogen-bond donors (Lipinski definition) is 0. The molecule has 11 heteroatoms. The summed E-state index contributed by atoms with van der Waals surface area (Å²) in [6, 6.07) is 18.9. The number of aryl methyl sites for hydroxylation is 1. The minimum Gasteiger partial charge on any atom is -0.450 e. The van der Waals surface area contributed by atoms with E-state index in [0.29, 0.717) is 38.3 Å². The maximum absolute atomic E-state index is 14.9. The zero-order valence-corrected chi connectivity index (χ0v) is 23.2. The molecule has 0 N–H and O–H groups in total. The predicted octanol–water partition coefficient (Wildman–Crippen LogP) is 5.96. The van der Waals surface area contributed by atoms with E-state index in [-0.39, 0.29) is 34.0 Å². The molecular formula is C29H18Cl2N4O4S. The topological polar surface area (TPSA) is 96.6 Å². The Labute approximate surface area is 241 Å². The van der Waals surface area contributed by atoms with Gasteiger partial charge in [-0.2, -0.15) is 0 Å². The lowest BCUT2D eigenvalue weighted by Gasteiger charge is -2.32. The molecule has 0 fully saturated rings. The van der Waals surface area contributed by atoms with Crippen molar-refractivity contribution in [2.45, 2.75) is 25.4 Å². The molecule has 40 heavy (non-hydrogen) atoms. The van der Waals surface area contributed by atoms with Gasteiger partial charge in [0.05, 0.1) is 23.2 Å². The summed E-state index contributed by atoms with van der Waals surface area (Å²) in [5.74, 6) is -1.36. The van der Waals surface area contributed by atoms with Gasteiger partial charge in [0, 0.05) is 15.6 Å². The van der Waals surface area contributed by atoms with Crippen molar-refractivity contribution in [1.29, 1.82) is 0 Å². The zero-order chi connectivity index (χ0) is 27.8. The van der Waals surface area contributed by atoms with Crippen molar-refractivity contribution in [1.82, 2.24) is 10.2 Å². The van der Waals surface area contributed by atoms with Crippen LogP contribution in [0, 0.1) is 0 Å². The lowest BCUT2D eigenvalue weighted by molar-refractivity contribution is -0.121. The third-order valence-electron chi connectivity index (χ3n) is 7.32. The van der Waals surface area contributed by atoms with Crippen LogP contribution in [-0.2, 0) is 23.3 Å². The summed E-state index contributed by atoms with van der Waals surface area (Å²) in [6.07, 6.45) is 0.586. The number of para-hydroxylation sites is 1. The SMILES string of the molecule is CCc1nnc(N2C(=O)c3oc4ccc(Cl)cc4c(=O)c3C23C(=O)N(Cc2ccccc2Cl)c2ccccc23)s1. The maximum atomic E-state index is 14.9. The number of nitrogens with zero attached hydrogens (tertiary/aromatic N) is 4. The van der Waals surface area contributed by atoms with E-state index in [2.05, 4.69) is 10.2 Å². The Kier molecular flexibility index (Phi) is 5.61. The summed E-state index contributed by atoms with van der Waals surface area (Å²) in [5, 5.41) is 10.3. The molecule has 3 aromatic carbocycles. The Morgan fingerprint density at radius 1 is 0.975 bits per heavy atom. The second kappa shape index (κ2) is 8.99. The van der Waals surface area contributed by atoms with Gasteiger partial charge >= 0.3 is 0 Å². The number of benzene rings is 3. The highest BCUT2D eigenvalue weighted by molar-refractivity contribution is 7.15. The van der Waals surface area contributed by atoms with Crippen molar-refractivity contribution in [2.24, 2.45) is 0 Å². The van der Waals surface area contributed by atoms with Crippen LogP contribution in [0.15, 0.2) is 75.9 Å². The number of carbonyl (C=O) groups excluding carboxylic acids is 2. The number of anilines is 2. The molecule has 0 radical (unpaired) electrons. The van der Waals surface area contributed by atoms with E-state index in [9.17, 15) is 14.4 Å². The lowest BCUT2D eigenvalue weighted by Crippen LogP contribution is -2.53. The molecule has 2 amide bonds. The fourth-order valence-corrected chi connectivity index (χ4v) is 6.76. The Morgan fingerprint density at radius 2 is 1.75 bits per heavy atom. The minimum absolute atomic E-state index is 0.0698. The number of amides is 2. The summed E-state index contributed by atoms with van der Waals surface area (Å²) in [5.41, 5.74) is -0.549. The molecule has 4 heterocycles. The molecule has 0 saturated carbocycles. The van der Waals surface area contributed by atoms with Gasteiger partial charge in [0.1, 0.15) is 10.6 Å². The molecule has 1 spiro atoms. The van der Waals surface area contributed by atoms with Crippen LogP contribution in [0.3, 0.4) is 0 Å². The summed E-state index contributed by atoms with van der Waals surface area (Å²) in [6.45, 7) is 2.04. The molecule has 2 aliphatic heterocycles. The van der Waals surface area contributed by atoms with Gasteiger partial charge in [0.2, 0.25) is 10.9 Å². The predicted molar refractivity (Wildman–Crippen MR) is 153 cm³/mol. The van der Waals surface area contributed by atoms with Gasteiger partial charge < -0.3 is 9.32 Å². The van der Waals surface area contributed by atoms with Gasteiger partial charge in [-0.1, -0.05) is 77.9 Å². The molecular weight excluding hydrogens is 571 g/mol. The van der Waals surface area contributed by atoms with E-state index in [1.54, 1.807) is 41.3 Å². The number of carbonyl (C=O) groups is 2. The van der Waals surface area contributed by atoms with Crippen LogP contribution in [-0.4, -0.2) is 22.0 Å². The maximum Gasteiger partial charge on any atom is 0.297 e. The normalized spacial score (nSPS) is 17.8. The highest BCUT2D eigenvalue weighted by Crippen LogP contribution is 2.54. The molecule has 0 saturated heterocycles. The highest BCUT2D eigenvalue weighted by Gasteiger charge is 2.66. The monoisotopic (exact) mass is 588 g/mol. The second-order valence-corrected chi connectivity index (χ2v) is 11.3. The van der Waals surface area contributed by atoms with E-state index in [4.69, 9.17) is 27.6 Å². The van der Waals surface area contributed by atoms with E-state index < -0.39 is 22.8 Å². The molecule has 1 unspecified atom stereocenters. The molecule has 198 valence electrons. The van der Waals surface area contributed by atoms with Gasteiger partial charge in [0.25, 0.3) is 11.8 Å². The van der Waals surface area contributed by atoms with Crippen LogP contribution in [0.2, 0.25) is 10.0 Å². The minimum atomic E-state index is -1.87. The van der Waals surface area contributed by atoms with Crippen molar-refractivity contribution in [3.63, 3.8) is 0 Å². The molecule has 7 rings (SSSR count). The fraction of sp³-hybridized carbons (Fsp3) is 0.138. The van der Waals surface area contributed by atoms with E-state index >= 15 is 0 Å². The number of hydrogen-bond acceptors (Lipinski definition) is 7. The molecule has 8 nitrogen and oxygen atoms in total. The van der Waals surface area contributed by atoms with E-state index in [1.807, 2.05) is 25.1 Å². The Hall–Kier alpha value is -4.05. The standard InChI is InChI=1S/C29H18Cl2N4O4S/c1-2-22-32-33-28(40-22)35-26(37)25-23(24(36)17-13-16(30)11-12-21(17)39-25)29(35)18-8-4-6-10-20(18)34(27(29)38)14-15-7-3-5-9-19(15)31/h3-13H,2,14H2,1H3. The first-order valence-electron chi connectivity index (χ1n) is 12.4. The summed E-state index contributed by atoms with van der Waals surface area (Å²) < 4.78 is 6.07. The first kappa shape index (κ1) is 25.0. The average molecular weight is 589 g/mol. The van der Waals surface area contributed by atoms with Gasteiger partial charge in [-0.05, 0) is 42.3 Å². The Morgan fingerprint density at radius 3 is 2.52 bits per heavy atom. The highest BCUT2D eigenvalue weighted by atomic mass is 35.5. The van der Waals surface area contributed by atoms with Crippen molar-refractivity contribution >= 4 is 68.1 Å². The largest absolute Gasteiger partial charge is 0.450 e. The molecule has 2 aliphatic rings. The van der Waals surface area contributed by atoms with Gasteiger partial charge in [0.15, 0.2) is 11.0 Å². The van der Waals surface area contributed by atoms with Crippen LogP contribution in [0.25, 0.3) is 11.0 Å². The third kappa shape index (κ3) is 3.28. The molecule has 0 aliphatic carbocycles. The number of rotatable bonds is 4. The lowest BCUT2D eigenvalue weighted by atomic mass is 9.84. The van der Waals surface area contributed by atoms with Crippen molar-refractivity contribution in [3.8, 4) is 0 Å². The molecule has 5 aromatic rings. The van der Waals surface area contributed by atoms with Crippen LogP contribution in [0.1, 0.15) is 39.2 Å². The molecule has 2 aromatic heterocycles. The average Bonchev–Trinajstić information content (AvgIpc) is 3.60. The number of halogens is 2. The van der Waals surface area contributed by atoms with Crippen LogP contribution >= 0.6 is 34.5 Å². The summed E-state index contributed by atoms with van der Waals surface area (Å²) in [7, 11) is 0. The Balaban J connectivity index is 1.56. The molecule has 0 bridgehead atoms. The fourth-order valence-electron chi connectivity index (χ4n) is 5.57. The van der Waals surface area contributed by atoms with Gasteiger partial charge in [-0.15, -0.1) is 10.2 Å². The second-order valence-electron chi connectivity index (χ2n) is 9.46. The summed E-state index contributed by atoms with van der Waals surface area (Å²) >= 11 is 13.9. The van der Waals surface area contributed by atoms with E-state index in [0.717, 1.165) is 0 Å². The Bertz CT molecular complexity index is 1950.